The minimum atomic E-state index is 0.307. The van der Waals surface area contributed by atoms with Gasteiger partial charge >= 0.3 is 0 Å². The molecule has 0 atom stereocenters. The first kappa shape index (κ1) is 14.2. The summed E-state index contributed by atoms with van der Waals surface area (Å²) < 4.78 is 12.6. The third-order valence-corrected chi connectivity index (χ3v) is 5.15. The van der Waals surface area contributed by atoms with E-state index in [1.807, 2.05) is 41.8 Å². The number of hydrogen-bond donors (Lipinski definition) is 0. The summed E-state index contributed by atoms with van der Waals surface area (Å²) in [6.07, 6.45) is 0. The van der Waals surface area contributed by atoms with Crippen molar-refractivity contribution in [1.82, 2.24) is 19.8 Å². The van der Waals surface area contributed by atoms with E-state index in [-0.39, 0.29) is 0 Å². The van der Waals surface area contributed by atoms with E-state index in [1.165, 1.54) is 11.3 Å². The van der Waals surface area contributed by atoms with Crippen LogP contribution in [0.25, 0.3) is 14.8 Å². The Morgan fingerprint density at radius 3 is 2.65 bits per heavy atom. The maximum atomic E-state index is 5.75. The van der Waals surface area contributed by atoms with E-state index in [2.05, 4.69) is 15.3 Å². The molecule has 0 saturated carbocycles. The molecule has 4 rings (SSSR count). The predicted octanol–water partition coefficient (Wildman–Crippen LogP) is 3.50. The molecule has 0 amide bonds. The van der Waals surface area contributed by atoms with Gasteiger partial charge in [-0.2, -0.15) is 9.61 Å². The van der Waals surface area contributed by atoms with Crippen molar-refractivity contribution >= 4 is 27.6 Å². The molecule has 0 N–H and O–H groups in total. The van der Waals surface area contributed by atoms with Crippen LogP contribution in [0, 0.1) is 0 Å². The Morgan fingerprint density at radius 2 is 1.91 bits per heavy atom. The van der Waals surface area contributed by atoms with Gasteiger partial charge in [0.05, 0.1) is 12.0 Å². The number of fused-ring (bicyclic) bond motifs is 1. The van der Waals surface area contributed by atoms with E-state index in [9.17, 15) is 0 Å². The summed E-state index contributed by atoms with van der Waals surface area (Å²) in [6.45, 7) is 0.307. The lowest BCUT2D eigenvalue weighted by molar-refractivity contribution is 0.292. The molecule has 0 aliphatic rings. The topological polar surface area (TPSA) is 61.5 Å². The molecule has 116 valence electrons. The molecule has 1 aromatic carbocycles. The number of hydrogen-bond acceptors (Lipinski definition) is 7. The average Bonchev–Trinajstić information content (AvgIpc) is 3.30. The van der Waals surface area contributed by atoms with Gasteiger partial charge in [-0.3, -0.25) is 0 Å². The Morgan fingerprint density at radius 1 is 1.09 bits per heavy atom. The number of nitrogens with zero attached hydrogens (tertiary/aromatic N) is 4. The molecule has 0 aliphatic heterocycles. The monoisotopic (exact) mass is 344 g/mol. The Hall–Kier alpha value is -2.45. The Labute approximate surface area is 139 Å². The maximum absolute atomic E-state index is 5.75. The van der Waals surface area contributed by atoms with Crippen LogP contribution >= 0.6 is 22.7 Å². The van der Waals surface area contributed by atoms with Crippen molar-refractivity contribution in [3.05, 3.63) is 47.6 Å². The quantitative estimate of drug-likeness (QED) is 0.554. The van der Waals surface area contributed by atoms with Gasteiger partial charge < -0.3 is 9.47 Å². The molecule has 0 aliphatic carbocycles. The Bertz CT molecular complexity index is 913. The van der Waals surface area contributed by atoms with Crippen LogP contribution in [0.3, 0.4) is 0 Å². The van der Waals surface area contributed by atoms with Crippen molar-refractivity contribution < 1.29 is 9.47 Å². The SMILES string of the molecule is COc1ccc(OCc2nnc3sc(-c4cccs4)nn23)cc1. The minimum Gasteiger partial charge on any atom is -0.497 e. The molecule has 0 saturated heterocycles. The summed E-state index contributed by atoms with van der Waals surface area (Å²) >= 11 is 3.18. The summed E-state index contributed by atoms with van der Waals surface area (Å²) in [5, 5.41) is 15.9. The zero-order valence-corrected chi connectivity index (χ0v) is 13.8. The number of methoxy groups -OCH3 is 1. The molecule has 3 heterocycles. The van der Waals surface area contributed by atoms with Gasteiger partial charge in [-0.25, -0.2) is 0 Å². The lowest BCUT2D eigenvalue weighted by Gasteiger charge is -2.05. The van der Waals surface area contributed by atoms with E-state index in [1.54, 1.807) is 23.0 Å². The fourth-order valence-electron chi connectivity index (χ4n) is 2.07. The molecule has 4 aromatic rings. The molecular formula is C15H12N4O2S2. The lowest BCUT2D eigenvalue weighted by Crippen LogP contribution is -2.02. The van der Waals surface area contributed by atoms with Gasteiger partial charge in [-0.1, -0.05) is 17.4 Å². The summed E-state index contributed by atoms with van der Waals surface area (Å²) in [5.74, 6) is 2.22. The van der Waals surface area contributed by atoms with Crippen molar-refractivity contribution in [2.45, 2.75) is 6.61 Å². The summed E-state index contributed by atoms with van der Waals surface area (Å²) in [7, 11) is 1.64. The third-order valence-electron chi connectivity index (χ3n) is 3.21. The molecule has 6 nitrogen and oxygen atoms in total. The Kier molecular flexibility index (Phi) is 3.68. The zero-order valence-electron chi connectivity index (χ0n) is 12.2. The molecule has 3 aromatic heterocycles. The van der Waals surface area contributed by atoms with Crippen LogP contribution in [0.4, 0.5) is 0 Å². The van der Waals surface area contributed by atoms with Crippen LogP contribution in [0.5, 0.6) is 11.5 Å². The van der Waals surface area contributed by atoms with Crippen molar-refractivity contribution in [3.63, 3.8) is 0 Å². The van der Waals surface area contributed by atoms with Gasteiger partial charge in [0, 0.05) is 0 Å². The number of benzene rings is 1. The molecule has 0 spiro atoms. The maximum Gasteiger partial charge on any atom is 0.235 e. The first-order chi connectivity index (χ1) is 11.3. The van der Waals surface area contributed by atoms with Crippen LogP contribution in [-0.2, 0) is 6.61 Å². The molecular weight excluding hydrogens is 332 g/mol. The third kappa shape index (κ3) is 2.78. The van der Waals surface area contributed by atoms with E-state index in [0.717, 1.165) is 26.3 Å². The first-order valence-electron chi connectivity index (χ1n) is 6.85. The summed E-state index contributed by atoms with van der Waals surface area (Å²) in [6, 6.07) is 11.5. The molecule has 0 radical (unpaired) electrons. The summed E-state index contributed by atoms with van der Waals surface area (Å²) in [4.78, 5) is 1.89. The van der Waals surface area contributed by atoms with Crippen molar-refractivity contribution in [1.29, 1.82) is 0 Å². The van der Waals surface area contributed by atoms with E-state index >= 15 is 0 Å². The normalized spacial score (nSPS) is 11.0. The van der Waals surface area contributed by atoms with Crippen molar-refractivity contribution in [2.75, 3.05) is 7.11 Å². The second-order valence-electron chi connectivity index (χ2n) is 4.66. The fourth-order valence-corrected chi connectivity index (χ4v) is 3.72. The van der Waals surface area contributed by atoms with Crippen LogP contribution in [0.15, 0.2) is 41.8 Å². The highest BCUT2D eigenvalue weighted by Gasteiger charge is 2.13. The molecule has 0 fully saturated rings. The highest BCUT2D eigenvalue weighted by molar-refractivity contribution is 7.23. The van der Waals surface area contributed by atoms with Crippen molar-refractivity contribution in [3.8, 4) is 21.4 Å². The van der Waals surface area contributed by atoms with Gasteiger partial charge in [0.2, 0.25) is 4.96 Å². The number of ether oxygens (including phenoxy) is 2. The number of thiophene rings is 1. The highest BCUT2D eigenvalue weighted by atomic mass is 32.1. The van der Waals surface area contributed by atoms with E-state index in [0.29, 0.717) is 12.4 Å². The zero-order chi connectivity index (χ0) is 15.6. The van der Waals surface area contributed by atoms with Gasteiger partial charge in [0.25, 0.3) is 0 Å². The van der Waals surface area contributed by atoms with Gasteiger partial charge in [-0.15, -0.1) is 21.5 Å². The van der Waals surface area contributed by atoms with Crippen LogP contribution in [0.1, 0.15) is 5.82 Å². The molecule has 8 heteroatoms. The van der Waals surface area contributed by atoms with Crippen molar-refractivity contribution in [2.24, 2.45) is 0 Å². The fraction of sp³-hybridized carbons (Fsp3) is 0.133. The second kappa shape index (κ2) is 5.98. The first-order valence-corrected chi connectivity index (χ1v) is 8.55. The van der Waals surface area contributed by atoms with Gasteiger partial charge in [0.1, 0.15) is 18.1 Å². The molecule has 0 bridgehead atoms. The van der Waals surface area contributed by atoms with Crippen LogP contribution < -0.4 is 9.47 Å². The molecule has 0 unspecified atom stereocenters. The highest BCUT2D eigenvalue weighted by Crippen LogP contribution is 2.29. The van der Waals surface area contributed by atoms with Gasteiger partial charge in [-0.05, 0) is 35.7 Å². The lowest BCUT2D eigenvalue weighted by atomic mass is 10.3. The largest absolute Gasteiger partial charge is 0.497 e. The standard InChI is InChI=1S/C15H12N4O2S2/c1-20-10-4-6-11(7-5-10)21-9-13-16-17-15-19(13)18-14(23-15)12-3-2-8-22-12/h2-8H,9H2,1H3. The summed E-state index contributed by atoms with van der Waals surface area (Å²) in [5.41, 5.74) is 0. The van der Waals surface area contributed by atoms with Gasteiger partial charge in [0.15, 0.2) is 10.8 Å². The van der Waals surface area contributed by atoms with E-state index in [4.69, 9.17) is 9.47 Å². The second-order valence-corrected chi connectivity index (χ2v) is 6.56. The minimum absolute atomic E-state index is 0.307. The smallest absolute Gasteiger partial charge is 0.235 e. The van der Waals surface area contributed by atoms with Crippen LogP contribution in [0.2, 0.25) is 0 Å². The molecule has 23 heavy (non-hydrogen) atoms. The number of aromatic nitrogens is 4. The Balaban J connectivity index is 1.54. The average molecular weight is 344 g/mol. The predicted molar refractivity (Wildman–Crippen MR) is 89.3 cm³/mol. The van der Waals surface area contributed by atoms with Crippen LogP contribution in [-0.4, -0.2) is 26.9 Å². The number of rotatable bonds is 5. The van der Waals surface area contributed by atoms with E-state index < -0.39 is 0 Å².